The first-order valence-corrected chi connectivity index (χ1v) is 6.59. The number of nitrogens with one attached hydrogen (secondary N) is 1. The van der Waals surface area contributed by atoms with Crippen molar-refractivity contribution in [3.05, 3.63) is 64.5 Å². The smallest absolute Gasteiger partial charge is 0.251 e. The second-order valence-electron chi connectivity index (χ2n) is 4.84. The highest BCUT2D eigenvalue weighted by Gasteiger charge is 2.06. The van der Waals surface area contributed by atoms with Crippen molar-refractivity contribution in [2.24, 2.45) is 5.73 Å². The van der Waals surface area contributed by atoms with Crippen molar-refractivity contribution >= 4 is 5.91 Å². The highest BCUT2D eigenvalue weighted by molar-refractivity contribution is 5.94. The molecule has 4 nitrogen and oxygen atoms in total. The molecule has 1 aromatic carbocycles. The van der Waals surface area contributed by atoms with Crippen LogP contribution in [0.2, 0.25) is 0 Å². The molecule has 1 aromatic heterocycles. The summed E-state index contributed by atoms with van der Waals surface area (Å²) in [7, 11) is 0. The third-order valence-electron chi connectivity index (χ3n) is 3.31. The highest BCUT2D eigenvalue weighted by atomic mass is 16.1. The van der Waals surface area contributed by atoms with Gasteiger partial charge in [0.15, 0.2) is 0 Å². The second-order valence-corrected chi connectivity index (χ2v) is 4.84. The molecule has 3 N–H and O–H groups in total. The SMILES string of the molecule is Cc1ccc(CNC(=O)c2ccnc(CN)c2)cc1C. The third kappa shape index (κ3) is 3.42. The number of benzene rings is 1. The minimum atomic E-state index is -0.111. The molecule has 0 aliphatic rings. The first-order valence-electron chi connectivity index (χ1n) is 6.59. The van der Waals surface area contributed by atoms with Crippen molar-refractivity contribution in [2.75, 3.05) is 0 Å². The first-order chi connectivity index (χ1) is 9.60. The number of nitrogens with two attached hydrogens (primary N) is 1. The number of rotatable bonds is 4. The van der Waals surface area contributed by atoms with Crippen molar-refractivity contribution in [1.29, 1.82) is 0 Å². The molecule has 0 fully saturated rings. The van der Waals surface area contributed by atoms with Crippen LogP contribution in [0.15, 0.2) is 36.5 Å². The molecule has 0 atom stereocenters. The second kappa shape index (κ2) is 6.30. The van der Waals surface area contributed by atoms with Crippen LogP contribution in [0.25, 0.3) is 0 Å². The van der Waals surface area contributed by atoms with E-state index in [-0.39, 0.29) is 5.91 Å². The van der Waals surface area contributed by atoms with E-state index in [1.807, 2.05) is 6.07 Å². The Bertz CT molecular complexity index is 623. The largest absolute Gasteiger partial charge is 0.348 e. The summed E-state index contributed by atoms with van der Waals surface area (Å²) in [6.45, 7) is 4.98. The Balaban J connectivity index is 2.02. The topological polar surface area (TPSA) is 68.0 Å². The van der Waals surface area contributed by atoms with Crippen molar-refractivity contribution < 1.29 is 4.79 Å². The number of hydrogen-bond donors (Lipinski definition) is 2. The van der Waals surface area contributed by atoms with Gasteiger partial charge in [-0.2, -0.15) is 0 Å². The molecule has 104 valence electrons. The van der Waals surface area contributed by atoms with Crippen LogP contribution in [0.5, 0.6) is 0 Å². The van der Waals surface area contributed by atoms with Crippen molar-refractivity contribution in [3.63, 3.8) is 0 Å². The zero-order chi connectivity index (χ0) is 14.5. The predicted molar refractivity (Wildman–Crippen MR) is 79.2 cm³/mol. The van der Waals surface area contributed by atoms with Gasteiger partial charge < -0.3 is 11.1 Å². The van der Waals surface area contributed by atoms with Gasteiger partial charge >= 0.3 is 0 Å². The van der Waals surface area contributed by atoms with E-state index < -0.39 is 0 Å². The Kier molecular flexibility index (Phi) is 4.48. The predicted octanol–water partition coefficient (Wildman–Crippen LogP) is 2.09. The minimum absolute atomic E-state index is 0.111. The monoisotopic (exact) mass is 269 g/mol. The Morgan fingerprint density at radius 1 is 1.20 bits per heavy atom. The summed E-state index contributed by atoms with van der Waals surface area (Å²) in [5, 5.41) is 2.91. The maximum absolute atomic E-state index is 12.1. The molecule has 1 amide bonds. The average molecular weight is 269 g/mol. The van der Waals surface area contributed by atoms with Gasteiger partial charge in [-0.1, -0.05) is 18.2 Å². The minimum Gasteiger partial charge on any atom is -0.348 e. The molecule has 2 aromatic rings. The van der Waals surface area contributed by atoms with E-state index in [1.54, 1.807) is 18.3 Å². The molecule has 0 aliphatic heterocycles. The van der Waals surface area contributed by atoms with Crippen LogP contribution in [-0.4, -0.2) is 10.9 Å². The van der Waals surface area contributed by atoms with E-state index in [0.717, 1.165) is 5.56 Å². The van der Waals surface area contributed by atoms with Crippen LogP contribution in [0.3, 0.4) is 0 Å². The lowest BCUT2D eigenvalue weighted by Crippen LogP contribution is -2.23. The summed E-state index contributed by atoms with van der Waals surface area (Å²) in [5.74, 6) is -0.111. The molecule has 0 spiro atoms. The van der Waals surface area contributed by atoms with E-state index in [9.17, 15) is 4.79 Å². The molecule has 20 heavy (non-hydrogen) atoms. The van der Waals surface area contributed by atoms with Gasteiger partial charge in [-0.05, 0) is 42.7 Å². The normalized spacial score (nSPS) is 10.3. The fourth-order valence-electron chi connectivity index (χ4n) is 1.93. The van der Waals surface area contributed by atoms with Gasteiger partial charge in [0.1, 0.15) is 0 Å². The lowest BCUT2D eigenvalue weighted by atomic mass is 10.1. The Hall–Kier alpha value is -2.20. The number of pyridine rings is 1. The van der Waals surface area contributed by atoms with Crippen LogP contribution in [-0.2, 0) is 13.1 Å². The number of amides is 1. The van der Waals surface area contributed by atoms with Gasteiger partial charge in [0.25, 0.3) is 5.91 Å². The van der Waals surface area contributed by atoms with Gasteiger partial charge in [0.05, 0.1) is 5.69 Å². The third-order valence-corrected chi connectivity index (χ3v) is 3.31. The fraction of sp³-hybridized carbons (Fsp3) is 0.250. The number of nitrogens with zero attached hydrogens (tertiary/aromatic N) is 1. The summed E-state index contributed by atoms with van der Waals surface area (Å²) < 4.78 is 0. The zero-order valence-electron chi connectivity index (χ0n) is 11.8. The Labute approximate surface area is 119 Å². The molecule has 0 unspecified atom stereocenters. The highest BCUT2D eigenvalue weighted by Crippen LogP contribution is 2.10. The van der Waals surface area contributed by atoms with Crippen molar-refractivity contribution in [1.82, 2.24) is 10.3 Å². The summed E-state index contributed by atoms with van der Waals surface area (Å²) >= 11 is 0. The molecule has 0 saturated carbocycles. The van der Waals surface area contributed by atoms with Gasteiger partial charge in [0.2, 0.25) is 0 Å². The zero-order valence-corrected chi connectivity index (χ0v) is 11.8. The molecule has 0 radical (unpaired) electrons. The van der Waals surface area contributed by atoms with Gasteiger partial charge in [-0.3, -0.25) is 9.78 Å². The molecule has 0 aliphatic carbocycles. The number of hydrogen-bond acceptors (Lipinski definition) is 3. The summed E-state index contributed by atoms with van der Waals surface area (Å²) in [5.41, 5.74) is 10.4. The van der Waals surface area contributed by atoms with Crippen molar-refractivity contribution in [3.8, 4) is 0 Å². The Morgan fingerprint density at radius 3 is 2.70 bits per heavy atom. The molecular formula is C16H19N3O. The molecule has 0 bridgehead atoms. The van der Waals surface area contributed by atoms with Crippen LogP contribution in [0.4, 0.5) is 0 Å². The van der Waals surface area contributed by atoms with E-state index >= 15 is 0 Å². The Morgan fingerprint density at radius 2 is 2.00 bits per heavy atom. The number of aromatic nitrogens is 1. The number of carbonyl (C=O) groups excluding carboxylic acids is 1. The van der Waals surface area contributed by atoms with E-state index in [0.29, 0.717) is 24.3 Å². The maximum atomic E-state index is 12.1. The number of aryl methyl sites for hydroxylation is 2. The van der Waals surface area contributed by atoms with Crippen LogP contribution in [0, 0.1) is 13.8 Å². The van der Waals surface area contributed by atoms with Crippen molar-refractivity contribution in [2.45, 2.75) is 26.9 Å². The van der Waals surface area contributed by atoms with E-state index in [4.69, 9.17) is 5.73 Å². The van der Waals surface area contributed by atoms with E-state index in [1.165, 1.54) is 11.1 Å². The lowest BCUT2D eigenvalue weighted by Gasteiger charge is -2.08. The first kappa shape index (κ1) is 14.2. The fourth-order valence-corrected chi connectivity index (χ4v) is 1.93. The van der Waals surface area contributed by atoms with Gasteiger partial charge in [0, 0.05) is 24.8 Å². The van der Waals surface area contributed by atoms with Crippen LogP contribution < -0.4 is 11.1 Å². The molecular weight excluding hydrogens is 250 g/mol. The molecule has 0 saturated heterocycles. The summed E-state index contributed by atoms with van der Waals surface area (Å²) in [6, 6.07) is 9.59. The average Bonchev–Trinajstić information content (AvgIpc) is 2.48. The summed E-state index contributed by atoms with van der Waals surface area (Å²) in [4.78, 5) is 16.1. The quantitative estimate of drug-likeness (QED) is 0.893. The van der Waals surface area contributed by atoms with Gasteiger partial charge in [-0.15, -0.1) is 0 Å². The molecule has 4 heteroatoms. The van der Waals surface area contributed by atoms with Crippen LogP contribution in [0.1, 0.15) is 32.7 Å². The maximum Gasteiger partial charge on any atom is 0.251 e. The summed E-state index contributed by atoms with van der Waals surface area (Å²) in [6.07, 6.45) is 1.60. The molecule has 2 rings (SSSR count). The van der Waals surface area contributed by atoms with E-state index in [2.05, 4.69) is 36.3 Å². The lowest BCUT2D eigenvalue weighted by molar-refractivity contribution is 0.0950. The number of carbonyl (C=O) groups is 1. The van der Waals surface area contributed by atoms with Crippen LogP contribution >= 0.6 is 0 Å². The van der Waals surface area contributed by atoms with Gasteiger partial charge in [-0.25, -0.2) is 0 Å². The molecule has 1 heterocycles. The standard InChI is InChI=1S/C16H19N3O/c1-11-3-4-13(7-12(11)2)10-19-16(20)14-5-6-18-15(8-14)9-17/h3-8H,9-10,17H2,1-2H3,(H,19,20).